The number of aliphatic hydroxyl groups excluding tert-OH is 1. The number of hydrogen-bond donors (Lipinski definition) is 1. The molecule has 46 heavy (non-hydrogen) atoms. The van der Waals surface area contributed by atoms with Crippen molar-refractivity contribution in [2.24, 2.45) is 0 Å². The SMILES string of the molecule is CC(C)(C)OC(=O)N1CCC(c2ccccc2CO)CC1.CC(C)(C)OC(=O)N1CCC(c2ccccc2COS(C)(=O)=O)CC1. The molecule has 1 N–H and O–H groups in total. The summed E-state index contributed by atoms with van der Waals surface area (Å²) < 4.78 is 38.3. The Hall–Kier alpha value is -3.15. The van der Waals surface area contributed by atoms with Gasteiger partial charge in [-0.25, -0.2) is 9.59 Å². The van der Waals surface area contributed by atoms with E-state index in [-0.39, 0.29) is 31.3 Å². The van der Waals surface area contributed by atoms with E-state index in [1.54, 1.807) is 9.80 Å². The molecule has 0 unspecified atom stereocenters. The summed E-state index contributed by atoms with van der Waals surface area (Å²) in [5, 5.41) is 9.43. The van der Waals surface area contributed by atoms with Gasteiger partial charge in [0, 0.05) is 26.2 Å². The molecule has 4 rings (SSSR count). The highest BCUT2D eigenvalue weighted by atomic mass is 32.2. The van der Waals surface area contributed by atoms with Crippen LogP contribution in [-0.2, 0) is 37.0 Å². The number of carbonyl (C=O) groups is 2. The maximum atomic E-state index is 12.2. The molecular weight excluding hydrogens is 608 g/mol. The standard InChI is InChI=1S/C18H27NO5S.C17H25NO3/c1-18(2,3)24-17(20)19-11-9-14(10-12-19)16-8-6-5-7-15(16)13-23-25(4,21)22;1-17(2,3)21-16(20)18-10-8-13(9-11-18)15-7-5-4-6-14(15)12-19/h5-8,14H,9-13H2,1-4H3;4-7,13,19H,8-12H2,1-3H3. The van der Waals surface area contributed by atoms with Crippen LogP contribution in [0.1, 0.15) is 101 Å². The van der Waals surface area contributed by atoms with Gasteiger partial charge in [-0.1, -0.05) is 48.5 Å². The fourth-order valence-electron chi connectivity index (χ4n) is 5.71. The summed E-state index contributed by atoms with van der Waals surface area (Å²) in [6.07, 6.45) is 4.00. The zero-order valence-corrected chi connectivity index (χ0v) is 29.3. The van der Waals surface area contributed by atoms with Crippen LogP contribution in [0, 0.1) is 0 Å². The summed E-state index contributed by atoms with van der Waals surface area (Å²) in [5.74, 6) is 0.685. The summed E-state index contributed by atoms with van der Waals surface area (Å²) in [7, 11) is -3.48. The zero-order valence-electron chi connectivity index (χ0n) is 28.5. The Morgan fingerprint density at radius 2 is 1.09 bits per heavy atom. The Kier molecular flexibility index (Phi) is 13.1. The molecule has 0 spiro atoms. The molecule has 2 aliphatic heterocycles. The van der Waals surface area contributed by atoms with E-state index in [1.165, 1.54) is 5.56 Å². The van der Waals surface area contributed by atoms with E-state index >= 15 is 0 Å². The quantitative estimate of drug-likeness (QED) is 0.345. The monoisotopic (exact) mass is 660 g/mol. The molecule has 11 heteroatoms. The third-order valence-corrected chi connectivity index (χ3v) is 8.43. The van der Waals surface area contributed by atoms with Crippen molar-refractivity contribution in [3.8, 4) is 0 Å². The molecule has 0 aromatic heterocycles. The predicted octanol–water partition coefficient (Wildman–Crippen LogP) is 6.57. The van der Waals surface area contributed by atoms with E-state index in [4.69, 9.17) is 13.7 Å². The van der Waals surface area contributed by atoms with Gasteiger partial charge in [0.05, 0.1) is 19.5 Å². The van der Waals surface area contributed by atoms with Crippen molar-refractivity contribution in [3.63, 3.8) is 0 Å². The molecule has 2 saturated heterocycles. The predicted molar refractivity (Wildman–Crippen MR) is 178 cm³/mol. The van der Waals surface area contributed by atoms with Gasteiger partial charge in [0.25, 0.3) is 10.1 Å². The maximum absolute atomic E-state index is 12.2. The summed E-state index contributed by atoms with van der Waals surface area (Å²) in [6, 6.07) is 15.7. The number of amides is 2. The number of benzene rings is 2. The number of likely N-dealkylation sites (tertiary alicyclic amines) is 2. The van der Waals surface area contributed by atoms with Crippen LogP contribution in [-0.4, -0.2) is 79.1 Å². The lowest BCUT2D eigenvalue weighted by Crippen LogP contribution is -2.41. The van der Waals surface area contributed by atoms with Crippen LogP contribution in [0.4, 0.5) is 9.59 Å². The number of aliphatic hydroxyl groups is 1. The minimum absolute atomic E-state index is 0.0429. The van der Waals surface area contributed by atoms with E-state index in [1.807, 2.05) is 84.0 Å². The second kappa shape index (κ2) is 16.1. The van der Waals surface area contributed by atoms with Crippen molar-refractivity contribution in [3.05, 3.63) is 70.8 Å². The third kappa shape index (κ3) is 12.2. The molecule has 0 aliphatic carbocycles. The maximum Gasteiger partial charge on any atom is 0.410 e. The van der Waals surface area contributed by atoms with E-state index in [9.17, 15) is 23.1 Å². The number of hydrogen-bond acceptors (Lipinski definition) is 8. The largest absolute Gasteiger partial charge is 0.444 e. The van der Waals surface area contributed by atoms with Gasteiger partial charge in [-0.15, -0.1) is 0 Å². The van der Waals surface area contributed by atoms with Crippen LogP contribution in [0.3, 0.4) is 0 Å². The van der Waals surface area contributed by atoms with Gasteiger partial charge in [0.2, 0.25) is 0 Å². The van der Waals surface area contributed by atoms with Crippen LogP contribution >= 0.6 is 0 Å². The molecule has 0 radical (unpaired) electrons. The molecule has 0 saturated carbocycles. The zero-order chi connectivity index (χ0) is 34.1. The minimum Gasteiger partial charge on any atom is -0.444 e. The Balaban J connectivity index is 0.000000254. The Bertz CT molecular complexity index is 1400. The molecule has 2 aliphatic rings. The molecule has 2 fully saturated rings. The van der Waals surface area contributed by atoms with E-state index in [0.29, 0.717) is 32.1 Å². The Morgan fingerprint density at radius 1 is 0.717 bits per heavy atom. The van der Waals surface area contributed by atoms with Gasteiger partial charge in [0.15, 0.2) is 0 Å². The fourth-order valence-corrected chi connectivity index (χ4v) is 6.05. The average Bonchev–Trinajstić information content (AvgIpc) is 2.98. The van der Waals surface area contributed by atoms with Crippen LogP contribution < -0.4 is 0 Å². The smallest absolute Gasteiger partial charge is 0.410 e. The van der Waals surface area contributed by atoms with Crippen LogP contribution in [0.5, 0.6) is 0 Å². The number of piperidine rings is 2. The first-order valence-electron chi connectivity index (χ1n) is 16.0. The van der Waals surface area contributed by atoms with Crippen LogP contribution in [0.2, 0.25) is 0 Å². The topological polar surface area (TPSA) is 123 Å². The van der Waals surface area contributed by atoms with Gasteiger partial charge in [-0.05, 0) is 101 Å². The van der Waals surface area contributed by atoms with Gasteiger partial charge in [0.1, 0.15) is 11.2 Å². The highest BCUT2D eigenvalue weighted by Crippen LogP contribution is 2.32. The Morgan fingerprint density at radius 3 is 1.46 bits per heavy atom. The summed E-state index contributed by atoms with van der Waals surface area (Å²) in [5.41, 5.74) is 3.23. The van der Waals surface area contributed by atoms with Crippen molar-refractivity contribution < 1.29 is 36.8 Å². The fraction of sp³-hybridized carbons (Fsp3) is 0.600. The number of rotatable bonds is 6. The number of nitrogens with zero attached hydrogens (tertiary/aromatic N) is 2. The lowest BCUT2D eigenvalue weighted by molar-refractivity contribution is 0.0194. The highest BCUT2D eigenvalue weighted by Gasteiger charge is 2.29. The van der Waals surface area contributed by atoms with Gasteiger partial charge < -0.3 is 24.4 Å². The molecule has 256 valence electrons. The van der Waals surface area contributed by atoms with Crippen LogP contribution in [0.25, 0.3) is 0 Å². The average molecular weight is 661 g/mol. The summed E-state index contributed by atoms with van der Waals surface area (Å²) in [4.78, 5) is 27.7. The lowest BCUT2D eigenvalue weighted by atomic mass is 9.87. The number of ether oxygens (including phenoxy) is 2. The van der Waals surface area contributed by atoms with Gasteiger partial charge in [-0.3, -0.25) is 4.18 Å². The van der Waals surface area contributed by atoms with Crippen LogP contribution in [0.15, 0.2) is 48.5 Å². The van der Waals surface area contributed by atoms with Crippen molar-refractivity contribution in [1.29, 1.82) is 0 Å². The molecule has 0 atom stereocenters. The first-order valence-corrected chi connectivity index (χ1v) is 17.8. The first kappa shape index (κ1) is 37.3. The number of carbonyl (C=O) groups excluding carboxylic acids is 2. The second-order valence-electron chi connectivity index (χ2n) is 14.0. The second-order valence-corrected chi connectivity index (χ2v) is 15.6. The molecule has 0 bridgehead atoms. The van der Waals surface area contributed by atoms with Crippen molar-refractivity contribution >= 4 is 22.3 Å². The molecule has 10 nitrogen and oxygen atoms in total. The lowest BCUT2D eigenvalue weighted by Gasteiger charge is -2.34. The van der Waals surface area contributed by atoms with Gasteiger partial charge in [-0.2, -0.15) is 8.42 Å². The highest BCUT2D eigenvalue weighted by molar-refractivity contribution is 7.85. The van der Waals surface area contributed by atoms with Crippen molar-refractivity contribution in [1.82, 2.24) is 9.80 Å². The van der Waals surface area contributed by atoms with Crippen molar-refractivity contribution in [2.75, 3.05) is 32.4 Å². The normalized spacial score (nSPS) is 16.8. The van der Waals surface area contributed by atoms with E-state index in [2.05, 4.69) is 6.07 Å². The minimum atomic E-state index is -3.48. The third-order valence-electron chi connectivity index (χ3n) is 7.88. The van der Waals surface area contributed by atoms with Crippen molar-refractivity contribution in [2.45, 2.75) is 103 Å². The summed E-state index contributed by atoms with van der Waals surface area (Å²) >= 11 is 0. The molecule has 2 aromatic carbocycles. The molecule has 2 aromatic rings. The molecule has 2 heterocycles. The first-order chi connectivity index (χ1) is 21.5. The Labute approximate surface area is 275 Å². The molecule has 2 amide bonds. The van der Waals surface area contributed by atoms with E-state index < -0.39 is 21.3 Å². The molecular formula is C35H52N2O8S. The van der Waals surface area contributed by atoms with Gasteiger partial charge >= 0.3 is 12.2 Å². The summed E-state index contributed by atoms with van der Waals surface area (Å²) in [6.45, 7) is 14.0. The van der Waals surface area contributed by atoms with E-state index in [0.717, 1.165) is 48.6 Å².